The average molecular weight is 375 g/mol. The summed E-state index contributed by atoms with van der Waals surface area (Å²) in [6.45, 7) is 1.82. The van der Waals surface area contributed by atoms with Crippen LogP contribution in [0.2, 0.25) is 0 Å². The van der Waals surface area contributed by atoms with E-state index in [9.17, 15) is 19.7 Å². The summed E-state index contributed by atoms with van der Waals surface area (Å²) < 4.78 is 0. The Morgan fingerprint density at radius 1 is 0.821 bits per heavy atom. The molecule has 0 fully saturated rings. The molecule has 0 saturated heterocycles. The van der Waals surface area contributed by atoms with Crippen molar-refractivity contribution in [3.8, 4) is 0 Å². The van der Waals surface area contributed by atoms with Crippen molar-refractivity contribution < 1.29 is 14.5 Å². The molecule has 0 bridgehead atoms. The van der Waals surface area contributed by atoms with Gasteiger partial charge in [-0.25, -0.2) is 0 Å². The van der Waals surface area contributed by atoms with Crippen molar-refractivity contribution in [1.29, 1.82) is 0 Å². The van der Waals surface area contributed by atoms with E-state index in [2.05, 4.69) is 10.6 Å². The highest BCUT2D eigenvalue weighted by atomic mass is 16.6. The van der Waals surface area contributed by atoms with E-state index >= 15 is 0 Å². The topological polar surface area (TPSA) is 101 Å². The summed E-state index contributed by atoms with van der Waals surface area (Å²) >= 11 is 0. The Hall–Kier alpha value is -4.00. The molecule has 0 aliphatic carbocycles. The maximum atomic E-state index is 12.3. The van der Waals surface area contributed by atoms with Gasteiger partial charge in [-0.1, -0.05) is 18.2 Å². The Morgan fingerprint density at radius 2 is 1.43 bits per heavy atom. The number of hydrogen-bond donors (Lipinski definition) is 2. The molecule has 3 rings (SSSR count). The number of rotatable bonds is 5. The van der Waals surface area contributed by atoms with Crippen LogP contribution in [0.5, 0.6) is 0 Å². The van der Waals surface area contributed by atoms with E-state index in [4.69, 9.17) is 0 Å². The quantitative estimate of drug-likeness (QED) is 0.509. The third-order valence-electron chi connectivity index (χ3n) is 4.11. The number of benzene rings is 3. The van der Waals surface area contributed by atoms with E-state index in [1.807, 2.05) is 13.0 Å². The summed E-state index contributed by atoms with van der Waals surface area (Å²) in [5.74, 6) is -0.596. The molecule has 0 heterocycles. The van der Waals surface area contributed by atoms with Gasteiger partial charge in [0.05, 0.1) is 4.92 Å². The first-order valence-electron chi connectivity index (χ1n) is 8.47. The minimum absolute atomic E-state index is 0.0779. The van der Waals surface area contributed by atoms with E-state index in [0.29, 0.717) is 22.5 Å². The molecular formula is C21H17N3O4. The minimum Gasteiger partial charge on any atom is -0.322 e. The lowest BCUT2D eigenvalue weighted by atomic mass is 10.1. The van der Waals surface area contributed by atoms with E-state index in [1.54, 1.807) is 42.5 Å². The van der Waals surface area contributed by atoms with Gasteiger partial charge in [-0.15, -0.1) is 0 Å². The standard InChI is InChI=1S/C21H17N3O4/c1-14-13-17(22-20(25)16-7-10-18(11-8-16)24(27)28)9-12-19(14)23-21(26)15-5-3-2-4-6-15/h2-13H,1H3,(H,22,25)(H,23,26). The van der Waals surface area contributed by atoms with Gasteiger partial charge in [-0.05, 0) is 55.0 Å². The van der Waals surface area contributed by atoms with E-state index < -0.39 is 4.92 Å². The number of anilines is 2. The first-order chi connectivity index (χ1) is 13.4. The van der Waals surface area contributed by atoms with Gasteiger partial charge in [0.2, 0.25) is 0 Å². The minimum atomic E-state index is -0.520. The van der Waals surface area contributed by atoms with Crippen LogP contribution in [0.1, 0.15) is 26.3 Å². The molecule has 7 nitrogen and oxygen atoms in total. The number of amides is 2. The van der Waals surface area contributed by atoms with Crippen LogP contribution >= 0.6 is 0 Å². The van der Waals surface area contributed by atoms with E-state index in [-0.39, 0.29) is 17.5 Å². The number of hydrogen-bond acceptors (Lipinski definition) is 4. The van der Waals surface area contributed by atoms with Crippen molar-refractivity contribution in [2.45, 2.75) is 6.92 Å². The fourth-order valence-electron chi connectivity index (χ4n) is 2.60. The molecule has 0 radical (unpaired) electrons. The molecule has 0 aliphatic heterocycles. The van der Waals surface area contributed by atoms with Gasteiger partial charge in [0, 0.05) is 34.6 Å². The van der Waals surface area contributed by atoms with Crippen LogP contribution in [0.3, 0.4) is 0 Å². The molecule has 2 amide bonds. The zero-order valence-electron chi connectivity index (χ0n) is 15.0. The van der Waals surface area contributed by atoms with Crippen LogP contribution in [-0.2, 0) is 0 Å². The summed E-state index contributed by atoms with van der Waals surface area (Å²) in [5.41, 5.74) is 2.76. The summed E-state index contributed by atoms with van der Waals surface area (Å²) in [5, 5.41) is 16.3. The third kappa shape index (κ3) is 4.39. The molecule has 0 unspecified atom stereocenters. The van der Waals surface area contributed by atoms with Crippen LogP contribution in [-0.4, -0.2) is 16.7 Å². The smallest absolute Gasteiger partial charge is 0.269 e. The van der Waals surface area contributed by atoms with E-state index in [0.717, 1.165) is 5.56 Å². The van der Waals surface area contributed by atoms with Gasteiger partial charge >= 0.3 is 0 Å². The molecule has 0 spiro atoms. The average Bonchev–Trinajstić information content (AvgIpc) is 2.70. The number of nitro benzene ring substituents is 1. The van der Waals surface area contributed by atoms with Crippen molar-refractivity contribution >= 4 is 28.9 Å². The number of nitrogens with one attached hydrogen (secondary N) is 2. The number of non-ortho nitro benzene ring substituents is 1. The largest absolute Gasteiger partial charge is 0.322 e. The Labute approximate surface area is 161 Å². The Balaban J connectivity index is 1.69. The second-order valence-corrected chi connectivity index (χ2v) is 6.11. The molecule has 3 aromatic rings. The summed E-state index contributed by atoms with van der Waals surface area (Å²) in [6, 6.07) is 19.4. The Kier molecular flexibility index (Phi) is 5.45. The van der Waals surface area contributed by atoms with Gasteiger partial charge in [-0.2, -0.15) is 0 Å². The molecule has 0 aliphatic rings. The van der Waals surface area contributed by atoms with Crippen molar-refractivity contribution in [2.24, 2.45) is 0 Å². The molecule has 3 aromatic carbocycles. The second kappa shape index (κ2) is 8.13. The number of carbonyl (C=O) groups excluding carboxylic acids is 2. The van der Waals surface area contributed by atoms with Crippen molar-refractivity contribution in [3.63, 3.8) is 0 Å². The van der Waals surface area contributed by atoms with Gasteiger partial charge in [0.1, 0.15) is 0 Å². The predicted molar refractivity (Wildman–Crippen MR) is 107 cm³/mol. The summed E-state index contributed by atoms with van der Waals surface area (Å²) in [4.78, 5) is 34.7. The summed E-state index contributed by atoms with van der Waals surface area (Å²) in [6.07, 6.45) is 0. The van der Waals surface area contributed by atoms with Crippen molar-refractivity contribution in [2.75, 3.05) is 10.6 Å². The Morgan fingerprint density at radius 3 is 2.04 bits per heavy atom. The lowest BCUT2D eigenvalue weighted by Crippen LogP contribution is -2.14. The monoisotopic (exact) mass is 375 g/mol. The van der Waals surface area contributed by atoms with Crippen molar-refractivity contribution in [1.82, 2.24) is 0 Å². The number of aryl methyl sites for hydroxylation is 1. The molecule has 0 atom stereocenters. The Bertz CT molecular complexity index is 1030. The fraction of sp³-hybridized carbons (Fsp3) is 0.0476. The molecule has 28 heavy (non-hydrogen) atoms. The van der Waals surface area contributed by atoms with Crippen LogP contribution in [0.25, 0.3) is 0 Å². The normalized spacial score (nSPS) is 10.2. The predicted octanol–water partition coefficient (Wildman–Crippen LogP) is 4.41. The highest BCUT2D eigenvalue weighted by Crippen LogP contribution is 2.21. The van der Waals surface area contributed by atoms with Gasteiger partial charge in [0.15, 0.2) is 0 Å². The maximum Gasteiger partial charge on any atom is 0.269 e. The SMILES string of the molecule is Cc1cc(NC(=O)c2ccc([N+](=O)[O-])cc2)ccc1NC(=O)c1ccccc1. The third-order valence-corrected chi connectivity index (χ3v) is 4.11. The first-order valence-corrected chi connectivity index (χ1v) is 8.47. The number of nitro groups is 1. The zero-order valence-corrected chi connectivity index (χ0v) is 15.0. The number of carbonyl (C=O) groups is 2. The molecule has 0 saturated carbocycles. The van der Waals surface area contributed by atoms with Gasteiger partial charge in [0.25, 0.3) is 17.5 Å². The molecule has 140 valence electrons. The van der Waals surface area contributed by atoms with Crippen molar-refractivity contribution in [3.05, 3.63) is 99.6 Å². The van der Waals surface area contributed by atoms with Crippen LogP contribution in [0.4, 0.5) is 17.1 Å². The first kappa shape index (κ1) is 18.8. The van der Waals surface area contributed by atoms with E-state index in [1.165, 1.54) is 24.3 Å². The van der Waals surface area contributed by atoms with Gasteiger partial charge in [-0.3, -0.25) is 19.7 Å². The van der Waals surface area contributed by atoms with Gasteiger partial charge < -0.3 is 10.6 Å². The maximum absolute atomic E-state index is 12.3. The molecule has 7 heteroatoms. The van der Waals surface area contributed by atoms with Crippen LogP contribution < -0.4 is 10.6 Å². The highest BCUT2D eigenvalue weighted by molar-refractivity contribution is 6.06. The summed E-state index contributed by atoms with van der Waals surface area (Å²) in [7, 11) is 0. The molecular weight excluding hydrogens is 358 g/mol. The fourth-order valence-corrected chi connectivity index (χ4v) is 2.60. The number of nitrogens with zero attached hydrogens (tertiary/aromatic N) is 1. The molecule has 0 aromatic heterocycles. The highest BCUT2D eigenvalue weighted by Gasteiger charge is 2.11. The van der Waals surface area contributed by atoms with Crippen LogP contribution in [0, 0.1) is 17.0 Å². The van der Waals surface area contributed by atoms with Crippen LogP contribution in [0.15, 0.2) is 72.8 Å². The zero-order chi connectivity index (χ0) is 20.1. The second-order valence-electron chi connectivity index (χ2n) is 6.11. The lowest BCUT2D eigenvalue weighted by molar-refractivity contribution is -0.384. The molecule has 2 N–H and O–H groups in total. The lowest BCUT2D eigenvalue weighted by Gasteiger charge is -2.11.